The molecule has 1 amide bonds. The predicted molar refractivity (Wildman–Crippen MR) is 75.8 cm³/mol. The van der Waals surface area contributed by atoms with Gasteiger partial charge >= 0.3 is 0 Å². The molecule has 6 nitrogen and oxygen atoms in total. The van der Waals surface area contributed by atoms with Crippen LogP contribution in [0.4, 0.5) is 11.5 Å². The first-order chi connectivity index (χ1) is 9.35. The maximum atomic E-state index is 12.3. The Morgan fingerprint density at radius 3 is 2.70 bits per heavy atom. The molecule has 0 bridgehead atoms. The van der Waals surface area contributed by atoms with E-state index in [0.29, 0.717) is 16.4 Å². The molecule has 104 valence electrons. The Morgan fingerprint density at radius 2 is 2.10 bits per heavy atom. The molecule has 0 radical (unpaired) electrons. The first-order valence-corrected chi connectivity index (χ1v) is 6.45. The zero-order valence-corrected chi connectivity index (χ0v) is 11.8. The second-order valence-electron chi connectivity index (χ2n) is 4.58. The summed E-state index contributed by atoms with van der Waals surface area (Å²) >= 11 is 12.0. The molecule has 1 atom stereocenters. The summed E-state index contributed by atoms with van der Waals surface area (Å²) in [6.07, 6.45) is 0. The van der Waals surface area contributed by atoms with Crippen LogP contribution in [0, 0.1) is 6.92 Å². The SMILES string of the molecule is Cc1[nH]nc(N)c1[C@@]1(O)C(=O)Nc2c(Cl)cc(Cl)cc21. The largest absolute Gasteiger partial charge is 0.382 e. The summed E-state index contributed by atoms with van der Waals surface area (Å²) in [5.41, 5.74) is 5.06. The van der Waals surface area contributed by atoms with Gasteiger partial charge in [-0.25, -0.2) is 0 Å². The van der Waals surface area contributed by atoms with Gasteiger partial charge in [0.25, 0.3) is 5.91 Å². The molecule has 1 aromatic carbocycles. The van der Waals surface area contributed by atoms with Gasteiger partial charge in [0.15, 0.2) is 5.82 Å². The number of nitrogens with two attached hydrogens (primary N) is 1. The number of aromatic amines is 1. The number of nitrogens with zero attached hydrogens (tertiary/aromatic N) is 1. The minimum atomic E-state index is -1.97. The fraction of sp³-hybridized carbons (Fsp3) is 0.167. The van der Waals surface area contributed by atoms with Gasteiger partial charge in [-0.2, -0.15) is 5.10 Å². The van der Waals surface area contributed by atoms with Gasteiger partial charge in [-0.3, -0.25) is 9.89 Å². The molecule has 0 fully saturated rings. The van der Waals surface area contributed by atoms with Crippen molar-refractivity contribution in [3.8, 4) is 0 Å². The maximum absolute atomic E-state index is 12.3. The third kappa shape index (κ3) is 1.56. The van der Waals surface area contributed by atoms with Crippen molar-refractivity contribution in [1.29, 1.82) is 0 Å². The maximum Gasteiger partial charge on any atom is 0.266 e. The molecule has 5 N–H and O–H groups in total. The first-order valence-electron chi connectivity index (χ1n) is 5.70. The standard InChI is InChI=1S/C12H10Cl2N4O2/c1-4-8(10(15)18-17-4)12(20)6-2-5(13)3-7(14)9(6)16-11(12)19/h2-3,20H,1H3,(H,16,19)(H3,15,17,18)/t12-/m1/s1. The molecule has 0 saturated heterocycles. The summed E-state index contributed by atoms with van der Waals surface area (Å²) in [7, 11) is 0. The molecule has 1 aromatic heterocycles. The van der Waals surface area contributed by atoms with E-state index in [4.69, 9.17) is 28.9 Å². The summed E-state index contributed by atoms with van der Waals surface area (Å²) in [4.78, 5) is 12.3. The van der Waals surface area contributed by atoms with Gasteiger partial charge in [-0.1, -0.05) is 23.2 Å². The van der Waals surface area contributed by atoms with Crippen molar-refractivity contribution in [2.45, 2.75) is 12.5 Å². The van der Waals surface area contributed by atoms with E-state index in [0.717, 1.165) is 0 Å². The monoisotopic (exact) mass is 312 g/mol. The van der Waals surface area contributed by atoms with E-state index >= 15 is 0 Å². The van der Waals surface area contributed by atoms with Gasteiger partial charge in [0.2, 0.25) is 5.60 Å². The molecule has 8 heteroatoms. The molecular weight excluding hydrogens is 303 g/mol. The quantitative estimate of drug-likeness (QED) is 0.644. The Kier molecular flexibility index (Phi) is 2.72. The number of fused-ring (bicyclic) bond motifs is 1. The van der Waals surface area contributed by atoms with Crippen LogP contribution < -0.4 is 11.1 Å². The topological polar surface area (TPSA) is 104 Å². The van der Waals surface area contributed by atoms with E-state index in [1.165, 1.54) is 12.1 Å². The van der Waals surface area contributed by atoms with Crippen molar-refractivity contribution in [2.75, 3.05) is 11.1 Å². The van der Waals surface area contributed by atoms with Gasteiger partial charge < -0.3 is 16.2 Å². The minimum absolute atomic E-state index is 0.0455. The number of benzene rings is 1. The Morgan fingerprint density at radius 1 is 1.40 bits per heavy atom. The number of anilines is 2. The molecule has 2 aromatic rings. The van der Waals surface area contributed by atoms with Crippen LogP contribution >= 0.6 is 23.2 Å². The molecule has 1 aliphatic rings. The third-order valence-electron chi connectivity index (χ3n) is 3.35. The summed E-state index contributed by atoms with van der Waals surface area (Å²) < 4.78 is 0. The summed E-state index contributed by atoms with van der Waals surface area (Å²) in [6, 6.07) is 2.96. The van der Waals surface area contributed by atoms with Crippen LogP contribution in [0.15, 0.2) is 12.1 Å². The van der Waals surface area contributed by atoms with Gasteiger partial charge in [0.05, 0.1) is 16.3 Å². The average molecular weight is 313 g/mol. The number of amides is 1. The van der Waals surface area contributed by atoms with Crippen LogP contribution in [0.2, 0.25) is 10.0 Å². The molecule has 2 heterocycles. The molecule has 0 aliphatic carbocycles. The Bertz CT molecular complexity index is 724. The Labute approximate surface area is 123 Å². The van der Waals surface area contributed by atoms with Gasteiger partial charge in [0, 0.05) is 16.3 Å². The second kappa shape index (κ2) is 4.12. The number of aliphatic hydroxyl groups is 1. The van der Waals surface area contributed by atoms with Crippen molar-refractivity contribution in [3.63, 3.8) is 0 Å². The van der Waals surface area contributed by atoms with Crippen LogP contribution in [-0.4, -0.2) is 21.2 Å². The molecular formula is C12H10Cl2N4O2. The highest BCUT2D eigenvalue weighted by Crippen LogP contribution is 2.47. The van der Waals surface area contributed by atoms with Crippen molar-refractivity contribution < 1.29 is 9.90 Å². The van der Waals surface area contributed by atoms with Crippen LogP contribution in [0.1, 0.15) is 16.8 Å². The lowest BCUT2D eigenvalue weighted by Crippen LogP contribution is -2.36. The van der Waals surface area contributed by atoms with Crippen molar-refractivity contribution in [2.24, 2.45) is 0 Å². The zero-order chi connectivity index (χ0) is 14.7. The van der Waals surface area contributed by atoms with Crippen molar-refractivity contribution in [1.82, 2.24) is 10.2 Å². The molecule has 3 rings (SSSR count). The highest BCUT2D eigenvalue weighted by Gasteiger charge is 2.50. The van der Waals surface area contributed by atoms with Crippen molar-refractivity contribution >= 4 is 40.6 Å². The second-order valence-corrected chi connectivity index (χ2v) is 5.43. The molecule has 20 heavy (non-hydrogen) atoms. The molecule has 0 spiro atoms. The summed E-state index contributed by atoms with van der Waals surface area (Å²) in [5.74, 6) is -0.600. The summed E-state index contributed by atoms with van der Waals surface area (Å²) in [5, 5.41) is 20.5. The highest BCUT2D eigenvalue weighted by molar-refractivity contribution is 6.38. The lowest BCUT2D eigenvalue weighted by molar-refractivity contribution is -0.129. The number of aromatic nitrogens is 2. The number of rotatable bonds is 1. The number of carbonyl (C=O) groups excluding carboxylic acids is 1. The van der Waals surface area contributed by atoms with E-state index in [-0.39, 0.29) is 22.0 Å². The number of nitrogens with one attached hydrogen (secondary N) is 2. The fourth-order valence-electron chi connectivity index (χ4n) is 2.47. The number of halogens is 2. The van der Waals surface area contributed by atoms with E-state index in [9.17, 15) is 9.90 Å². The van der Waals surface area contributed by atoms with Crippen LogP contribution in [0.25, 0.3) is 0 Å². The van der Waals surface area contributed by atoms with Crippen LogP contribution in [-0.2, 0) is 10.4 Å². The molecule has 1 aliphatic heterocycles. The first kappa shape index (κ1) is 13.2. The van der Waals surface area contributed by atoms with Crippen LogP contribution in [0.3, 0.4) is 0 Å². The van der Waals surface area contributed by atoms with E-state index in [1.807, 2.05) is 0 Å². The number of hydrogen-bond donors (Lipinski definition) is 4. The van der Waals surface area contributed by atoms with Crippen LogP contribution in [0.5, 0.6) is 0 Å². The van der Waals surface area contributed by atoms with Gasteiger partial charge in [0.1, 0.15) is 0 Å². The summed E-state index contributed by atoms with van der Waals surface area (Å²) in [6.45, 7) is 1.66. The fourth-order valence-corrected chi connectivity index (χ4v) is 3.01. The number of H-pyrrole nitrogens is 1. The van der Waals surface area contributed by atoms with Crippen molar-refractivity contribution in [3.05, 3.63) is 39.0 Å². The van der Waals surface area contributed by atoms with Gasteiger partial charge in [-0.15, -0.1) is 0 Å². The van der Waals surface area contributed by atoms with E-state index in [1.54, 1.807) is 6.92 Å². The minimum Gasteiger partial charge on any atom is -0.382 e. The number of carbonyl (C=O) groups is 1. The zero-order valence-electron chi connectivity index (χ0n) is 10.3. The molecule has 0 unspecified atom stereocenters. The lowest BCUT2D eigenvalue weighted by atomic mass is 9.87. The average Bonchev–Trinajstić information content (AvgIpc) is 2.82. The smallest absolute Gasteiger partial charge is 0.266 e. The Hall–Kier alpha value is -1.76. The number of aryl methyl sites for hydroxylation is 1. The van der Waals surface area contributed by atoms with E-state index < -0.39 is 11.5 Å². The normalized spacial score (nSPS) is 20.9. The predicted octanol–water partition coefficient (Wildman–Crippen LogP) is 1.80. The lowest BCUT2D eigenvalue weighted by Gasteiger charge is -2.21. The van der Waals surface area contributed by atoms with Gasteiger partial charge in [-0.05, 0) is 19.1 Å². The van der Waals surface area contributed by atoms with E-state index in [2.05, 4.69) is 15.5 Å². The Balaban J connectivity index is 2.34. The number of nitrogen functional groups attached to an aromatic ring is 1. The number of hydrogen-bond acceptors (Lipinski definition) is 4. The molecule has 0 saturated carbocycles. The highest BCUT2D eigenvalue weighted by atomic mass is 35.5. The third-order valence-corrected chi connectivity index (χ3v) is 3.87.